The SMILES string of the molecule is CCc1cc(-c2nncn2C2CC2)n(CC)n1. The summed E-state index contributed by atoms with van der Waals surface area (Å²) in [5, 5.41) is 12.9. The first-order valence-corrected chi connectivity index (χ1v) is 6.30. The van der Waals surface area contributed by atoms with Crippen molar-refractivity contribution in [2.45, 2.75) is 45.7 Å². The van der Waals surface area contributed by atoms with Gasteiger partial charge in [0.05, 0.1) is 5.69 Å². The van der Waals surface area contributed by atoms with Gasteiger partial charge < -0.3 is 4.57 Å². The highest BCUT2D eigenvalue weighted by atomic mass is 15.3. The zero-order valence-corrected chi connectivity index (χ0v) is 10.3. The number of aryl methyl sites for hydroxylation is 2. The van der Waals surface area contributed by atoms with Crippen LogP contribution in [-0.2, 0) is 13.0 Å². The summed E-state index contributed by atoms with van der Waals surface area (Å²) in [6.45, 7) is 5.10. The summed E-state index contributed by atoms with van der Waals surface area (Å²) in [7, 11) is 0. The van der Waals surface area contributed by atoms with Crippen molar-refractivity contribution < 1.29 is 0 Å². The molecule has 1 aliphatic carbocycles. The monoisotopic (exact) mass is 231 g/mol. The van der Waals surface area contributed by atoms with Crippen LogP contribution in [0.25, 0.3) is 11.5 Å². The molecule has 3 rings (SSSR count). The Morgan fingerprint density at radius 3 is 2.82 bits per heavy atom. The van der Waals surface area contributed by atoms with Gasteiger partial charge in [-0.2, -0.15) is 5.10 Å². The van der Waals surface area contributed by atoms with E-state index in [0.717, 1.165) is 30.2 Å². The number of rotatable bonds is 4. The Balaban J connectivity index is 2.06. The Kier molecular flexibility index (Phi) is 2.46. The van der Waals surface area contributed by atoms with E-state index in [1.807, 2.05) is 11.0 Å². The molecule has 0 bridgehead atoms. The first-order chi connectivity index (χ1) is 8.33. The van der Waals surface area contributed by atoms with Crippen molar-refractivity contribution in [2.24, 2.45) is 0 Å². The van der Waals surface area contributed by atoms with Gasteiger partial charge in [-0.25, -0.2) is 0 Å². The molecule has 90 valence electrons. The number of hydrogen-bond donors (Lipinski definition) is 0. The van der Waals surface area contributed by atoms with Crippen LogP contribution in [0.15, 0.2) is 12.4 Å². The first-order valence-electron chi connectivity index (χ1n) is 6.30. The van der Waals surface area contributed by atoms with Crippen molar-refractivity contribution in [1.29, 1.82) is 0 Å². The highest BCUT2D eigenvalue weighted by molar-refractivity contribution is 5.51. The first kappa shape index (κ1) is 10.5. The lowest BCUT2D eigenvalue weighted by atomic mass is 10.3. The maximum absolute atomic E-state index is 4.56. The van der Waals surface area contributed by atoms with E-state index < -0.39 is 0 Å². The molecule has 0 aromatic carbocycles. The van der Waals surface area contributed by atoms with Crippen LogP contribution in [0.2, 0.25) is 0 Å². The molecule has 2 aromatic heterocycles. The Hall–Kier alpha value is -1.65. The number of hydrogen-bond acceptors (Lipinski definition) is 3. The average molecular weight is 231 g/mol. The fraction of sp³-hybridized carbons (Fsp3) is 0.583. The summed E-state index contributed by atoms with van der Waals surface area (Å²) >= 11 is 0. The third-order valence-electron chi connectivity index (χ3n) is 3.23. The molecule has 1 aliphatic rings. The van der Waals surface area contributed by atoms with Crippen LogP contribution in [0.4, 0.5) is 0 Å². The lowest BCUT2D eigenvalue weighted by Crippen LogP contribution is -2.04. The molecule has 17 heavy (non-hydrogen) atoms. The van der Waals surface area contributed by atoms with Gasteiger partial charge in [0.25, 0.3) is 0 Å². The zero-order chi connectivity index (χ0) is 11.8. The Bertz CT molecular complexity index is 521. The molecule has 0 aliphatic heterocycles. The van der Waals surface area contributed by atoms with Gasteiger partial charge in [0.2, 0.25) is 0 Å². The van der Waals surface area contributed by atoms with Crippen LogP contribution in [0.3, 0.4) is 0 Å². The minimum atomic E-state index is 0.602. The second kappa shape index (κ2) is 3.98. The van der Waals surface area contributed by atoms with Crippen LogP contribution in [-0.4, -0.2) is 24.5 Å². The van der Waals surface area contributed by atoms with E-state index in [-0.39, 0.29) is 0 Å². The Morgan fingerprint density at radius 1 is 1.35 bits per heavy atom. The predicted octanol–water partition coefficient (Wildman–Crippen LogP) is 2.06. The molecule has 0 N–H and O–H groups in total. The summed E-state index contributed by atoms with van der Waals surface area (Å²) < 4.78 is 4.20. The molecule has 2 aromatic rings. The maximum atomic E-state index is 4.56. The third-order valence-corrected chi connectivity index (χ3v) is 3.23. The molecule has 1 fully saturated rings. The quantitative estimate of drug-likeness (QED) is 0.809. The van der Waals surface area contributed by atoms with Crippen molar-refractivity contribution in [3.05, 3.63) is 18.1 Å². The molecular formula is C12H17N5. The summed E-state index contributed by atoms with van der Waals surface area (Å²) in [5.74, 6) is 0.960. The molecule has 5 nitrogen and oxygen atoms in total. The molecular weight excluding hydrogens is 214 g/mol. The van der Waals surface area contributed by atoms with Crippen molar-refractivity contribution in [1.82, 2.24) is 24.5 Å². The largest absolute Gasteiger partial charge is 0.309 e. The second-order valence-corrected chi connectivity index (χ2v) is 4.48. The van der Waals surface area contributed by atoms with Crippen LogP contribution >= 0.6 is 0 Å². The lowest BCUT2D eigenvalue weighted by Gasteiger charge is -2.05. The summed E-state index contributed by atoms with van der Waals surface area (Å²) in [6, 6.07) is 2.73. The number of aromatic nitrogens is 5. The molecule has 2 heterocycles. The number of nitrogens with zero attached hydrogens (tertiary/aromatic N) is 5. The van der Waals surface area contributed by atoms with E-state index in [2.05, 4.69) is 39.8 Å². The smallest absolute Gasteiger partial charge is 0.182 e. The fourth-order valence-electron chi connectivity index (χ4n) is 2.11. The predicted molar refractivity (Wildman–Crippen MR) is 64.6 cm³/mol. The maximum Gasteiger partial charge on any atom is 0.182 e. The topological polar surface area (TPSA) is 48.5 Å². The molecule has 1 saturated carbocycles. The van der Waals surface area contributed by atoms with Gasteiger partial charge in [-0.3, -0.25) is 4.68 Å². The van der Waals surface area contributed by atoms with Gasteiger partial charge in [-0.05, 0) is 32.3 Å². The molecule has 0 saturated heterocycles. The van der Waals surface area contributed by atoms with Gasteiger partial charge >= 0.3 is 0 Å². The molecule has 0 radical (unpaired) electrons. The van der Waals surface area contributed by atoms with Crippen molar-refractivity contribution in [2.75, 3.05) is 0 Å². The molecule has 0 unspecified atom stereocenters. The molecule has 5 heteroatoms. The normalized spacial score (nSPS) is 15.4. The van der Waals surface area contributed by atoms with Crippen LogP contribution < -0.4 is 0 Å². The van der Waals surface area contributed by atoms with Crippen LogP contribution in [0.5, 0.6) is 0 Å². The van der Waals surface area contributed by atoms with Crippen LogP contribution in [0, 0.1) is 0 Å². The van der Waals surface area contributed by atoms with Gasteiger partial charge in [-0.15, -0.1) is 10.2 Å². The van der Waals surface area contributed by atoms with E-state index in [1.54, 1.807) is 0 Å². The third kappa shape index (κ3) is 1.75. The zero-order valence-electron chi connectivity index (χ0n) is 10.3. The Labute approximate surface area is 100 Å². The second-order valence-electron chi connectivity index (χ2n) is 4.48. The van der Waals surface area contributed by atoms with E-state index in [1.165, 1.54) is 12.8 Å². The lowest BCUT2D eigenvalue weighted by molar-refractivity contribution is 0.644. The van der Waals surface area contributed by atoms with E-state index in [9.17, 15) is 0 Å². The summed E-state index contributed by atoms with van der Waals surface area (Å²) in [4.78, 5) is 0. The minimum Gasteiger partial charge on any atom is -0.309 e. The molecule has 0 amide bonds. The minimum absolute atomic E-state index is 0.602. The molecule has 0 atom stereocenters. The highest BCUT2D eigenvalue weighted by Crippen LogP contribution is 2.37. The van der Waals surface area contributed by atoms with Crippen molar-refractivity contribution in [3.63, 3.8) is 0 Å². The summed E-state index contributed by atoms with van der Waals surface area (Å²) in [6.07, 6.45) is 5.28. The van der Waals surface area contributed by atoms with Gasteiger partial charge in [0.1, 0.15) is 12.0 Å². The van der Waals surface area contributed by atoms with E-state index in [4.69, 9.17) is 0 Å². The Morgan fingerprint density at radius 2 is 2.18 bits per heavy atom. The standard InChI is InChI=1S/C12H17N5/c1-3-9-7-11(17(4-2)15-9)12-14-13-8-16(12)10-5-6-10/h7-8,10H,3-6H2,1-2H3. The average Bonchev–Trinajstić information content (AvgIpc) is 2.95. The van der Waals surface area contributed by atoms with E-state index >= 15 is 0 Å². The van der Waals surface area contributed by atoms with Crippen LogP contribution in [0.1, 0.15) is 38.4 Å². The van der Waals surface area contributed by atoms with Gasteiger partial charge in [0.15, 0.2) is 5.82 Å². The van der Waals surface area contributed by atoms with E-state index in [0.29, 0.717) is 6.04 Å². The fourth-order valence-corrected chi connectivity index (χ4v) is 2.11. The highest BCUT2D eigenvalue weighted by Gasteiger charge is 2.27. The van der Waals surface area contributed by atoms with Gasteiger partial charge in [-0.1, -0.05) is 6.92 Å². The van der Waals surface area contributed by atoms with Gasteiger partial charge in [0, 0.05) is 12.6 Å². The van der Waals surface area contributed by atoms with Crippen molar-refractivity contribution >= 4 is 0 Å². The van der Waals surface area contributed by atoms with Crippen molar-refractivity contribution in [3.8, 4) is 11.5 Å². The molecule has 0 spiro atoms. The summed E-state index contributed by atoms with van der Waals surface area (Å²) in [5.41, 5.74) is 2.21.